The third-order valence-electron chi connectivity index (χ3n) is 4.69. The van der Waals surface area contributed by atoms with E-state index in [0.29, 0.717) is 11.7 Å². The Labute approximate surface area is 159 Å². The maximum atomic E-state index is 12.8. The zero-order valence-electron chi connectivity index (χ0n) is 15.2. The smallest absolute Gasteiger partial charge is 0.274 e. The monoisotopic (exact) mass is 383 g/mol. The van der Waals surface area contributed by atoms with Crippen LogP contribution >= 0.6 is 23.7 Å². The van der Waals surface area contributed by atoms with Crippen molar-refractivity contribution in [3.63, 3.8) is 0 Å². The summed E-state index contributed by atoms with van der Waals surface area (Å²) in [6, 6.07) is 2.16. The van der Waals surface area contributed by atoms with Crippen LogP contribution in [0.5, 0.6) is 0 Å². The van der Waals surface area contributed by atoms with Crippen molar-refractivity contribution in [2.45, 2.75) is 45.7 Å². The fourth-order valence-electron chi connectivity index (χ4n) is 3.18. The number of thiazole rings is 1. The van der Waals surface area contributed by atoms with Gasteiger partial charge in [-0.1, -0.05) is 0 Å². The molecule has 2 aromatic heterocycles. The molecule has 1 saturated heterocycles. The molecule has 3 heterocycles. The maximum absolute atomic E-state index is 12.8. The molecule has 1 fully saturated rings. The van der Waals surface area contributed by atoms with E-state index in [-0.39, 0.29) is 24.4 Å². The van der Waals surface area contributed by atoms with Gasteiger partial charge in [0.25, 0.3) is 5.91 Å². The van der Waals surface area contributed by atoms with E-state index in [0.717, 1.165) is 41.5 Å². The fourth-order valence-corrected chi connectivity index (χ4v) is 4.20. The number of rotatable bonds is 4. The van der Waals surface area contributed by atoms with Gasteiger partial charge in [0.2, 0.25) is 0 Å². The standard InChI is InChI=1S/C17H25N5OS.ClH/c1-11-16(24-13(3)19-11)12(2)21(4)17(23)15-7-9-22(20-15)14-6-5-8-18-10-14;/h7,9,12,14,18H,5-6,8,10H2,1-4H3;1H. The first kappa shape index (κ1) is 19.9. The minimum absolute atomic E-state index is 0. The van der Waals surface area contributed by atoms with Crippen molar-refractivity contribution in [3.8, 4) is 0 Å². The molecule has 2 unspecified atom stereocenters. The van der Waals surface area contributed by atoms with Gasteiger partial charge in [0.15, 0.2) is 0 Å². The van der Waals surface area contributed by atoms with E-state index in [9.17, 15) is 4.79 Å². The van der Waals surface area contributed by atoms with Crippen LogP contribution in [0.15, 0.2) is 12.3 Å². The predicted octanol–water partition coefficient (Wildman–Crippen LogP) is 3.14. The molecular formula is C17H26ClN5OS. The quantitative estimate of drug-likeness (QED) is 0.880. The summed E-state index contributed by atoms with van der Waals surface area (Å²) < 4.78 is 1.93. The normalized spacial score (nSPS) is 18.5. The molecule has 0 aliphatic carbocycles. The number of aromatic nitrogens is 3. The summed E-state index contributed by atoms with van der Waals surface area (Å²) in [7, 11) is 1.84. The van der Waals surface area contributed by atoms with Crippen LogP contribution in [0, 0.1) is 13.8 Å². The zero-order valence-corrected chi connectivity index (χ0v) is 16.8. The second-order valence-corrected chi connectivity index (χ2v) is 7.69. The van der Waals surface area contributed by atoms with Gasteiger partial charge in [-0.25, -0.2) is 4.98 Å². The van der Waals surface area contributed by atoms with Gasteiger partial charge < -0.3 is 10.2 Å². The summed E-state index contributed by atoms with van der Waals surface area (Å²) >= 11 is 1.65. The lowest BCUT2D eigenvalue weighted by atomic mass is 10.1. The first-order chi connectivity index (χ1) is 11.5. The SMILES string of the molecule is Cc1nc(C)c(C(C)N(C)C(=O)c2ccn(C3CCCNC3)n2)s1.Cl. The lowest BCUT2D eigenvalue weighted by Gasteiger charge is -2.24. The highest BCUT2D eigenvalue weighted by molar-refractivity contribution is 7.11. The van der Waals surface area contributed by atoms with Crippen LogP contribution in [-0.2, 0) is 0 Å². The molecule has 0 aromatic carbocycles. The number of carbonyl (C=O) groups is 1. The molecule has 0 saturated carbocycles. The van der Waals surface area contributed by atoms with E-state index < -0.39 is 0 Å². The van der Waals surface area contributed by atoms with Gasteiger partial charge in [-0.05, 0) is 46.2 Å². The highest BCUT2D eigenvalue weighted by Crippen LogP contribution is 2.29. The van der Waals surface area contributed by atoms with E-state index in [1.807, 2.05) is 44.8 Å². The van der Waals surface area contributed by atoms with Crippen molar-refractivity contribution in [2.75, 3.05) is 20.1 Å². The molecule has 1 amide bonds. The zero-order chi connectivity index (χ0) is 17.3. The van der Waals surface area contributed by atoms with Gasteiger partial charge in [0.1, 0.15) is 5.69 Å². The van der Waals surface area contributed by atoms with Gasteiger partial charge in [-0.2, -0.15) is 5.10 Å². The number of hydrogen-bond donors (Lipinski definition) is 1. The summed E-state index contributed by atoms with van der Waals surface area (Å²) in [5, 5.41) is 8.94. The molecule has 138 valence electrons. The van der Waals surface area contributed by atoms with E-state index in [4.69, 9.17) is 0 Å². The second-order valence-electron chi connectivity index (χ2n) is 6.46. The molecule has 2 aromatic rings. The Morgan fingerprint density at radius 1 is 1.48 bits per heavy atom. The molecule has 1 N–H and O–H groups in total. The highest BCUT2D eigenvalue weighted by Gasteiger charge is 2.25. The van der Waals surface area contributed by atoms with Crippen LogP contribution < -0.4 is 5.32 Å². The average Bonchev–Trinajstić information content (AvgIpc) is 3.20. The Morgan fingerprint density at radius 3 is 2.84 bits per heavy atom. The Hall–Kier alpha value is -1.44. The lowest BCUT2D eigenvalue weighted by molar-refractivity contribution is 0.0737. The van der Waals surface area contributed by atoms with E-state index in [1.165, 1.54) is 0 Å². The van der Waals surface area contributed by atoms with Crippen molar-refractivity contribution in [1.82, 2.24) is 25.0 Å². The number of piperidine rings is 1. The minimum atomic E-state index is -0.0459. The van der Waals surface area contributed by atoms with Crippen LogP contribution in [0.2, 0.25) is 0 Å². The van der Waals surface area contributed by atoms with Crippen molar-refractivity contribution in [1.29, 1.82) is 0 Å². The lowest BCUT2D eigenvalue weighted by Crippen LogP contribution is -2.33. The van der Waals surface area contributed by atoms with Gasteiger partial charge >= 0.3 is 0 Å². The molecule has 0 spiro atoms. The van der Waals surface area contributed by atoms with Crippen LogP contribution in [0.1, 0.15) is 57.9 Å². The first-order valence-corrected chi connectivity index (χ1v) is 9.26. The van der Waals surface area contributed by atoms with Crippen molar-refractivity contribution in [3.05, 3.63) is 33.5 Å². The minimum Gasteiger partial charge on any atom is -0.333 e. The molecule has 0 radical (unpaired) electrons. The molecular weight excluding hydrogens is 358 g/mol. The van der Waals surface area contributed by atoms with Crippen LogP contribution in [0.4, 0.5) is 0 Å². The van der Waals surface area contributed by atoms with Gasteiger partial charge in [0.05, 0.1) is 22.8 Å². The summed E-state index contributed by atoms with van der Waals surface area (Å²) in [5.41, 5.74) is 1.51. The molecule has 8 heteroatoms. The Morgan fingerprint density at radius 2 is 2.24 bits per heavy atom. The summed E-state index contributed by atoms with van der Waals surface area (Å²) in [5.74, 6) is -0.0459. The number of nitrogens with one attached hydrogen (secondary N) is 1. The topological polar surface area (TPSA) is 63.1 Å². The van der Waals surface area contributed by atoms with Gasteiger partial charge in [-0.15, -0.1) is 23.7 Å². The van der Waals surface area contributed by atoms with Crippen LogP contribution in [0.3, 0.4) is 0 Å². The van der Waals surface area contributed by atoms with E-state index in [1.54, 1.807) is 16.2 Å². The number of aryl methyl sites for hydroxylation is 2. The molecule has 3 rings (SSSR count). The van der Waals surface area contributed by atoms with Crippen LogP contribution in [-0.4, -0.2) is 45.7 Å². The fraction of sp³-hybridized carbons (Fsp3) is 0.588. The number of halogens is 1. The van der Waals surface area contributed by atoms with Gasteiger partial charge in [-0.3, -0.25) is 9.48 Å². The molecule has 1 aliphatic rings. The molecule has 2 atom stereocenters. The third kappa shape index (κ3) is 4.22. The highest BCUT2D eigenvalue weighted by atomic mass is 35.5. The molecule has 6 nitrogen and oxygen atoms in total. The van der Waals surface area contributed by atoms with Crippen molar-refractivity contribution in [2.24, 2.45) is 0 Å². The van der Waals surface area contributed by atoms with E-state index in [2.05, 4.69) is 15.4 Å². The molecule has 1 aliphatic heterocycles. The number of nitrogens with zero attached hydrogens (tertiary/aromatic N) is 4. The third-order valence-corrected chi connectivity index (χ3v) is 5.94. The Balaban J connectivity index is 0.00000225. The first-order valence-electron chi connectivity index (χ1n) is 8.44. The Bertz CT molecular complexity index is 722. The van der Waals surface area contributed by atoms with Crippen molar-refractivity contribution >= 4 is 29.7 Å². The summed E-state index contributed by atoms with van der Waals surface area (Å²) in [4.78, 5) is 20.2. The number of amides is 1. The van der Waals surface area contributed by atoms with Crippen LogP contribution in [0.25, 0.3) is 0 Å². The summed E-state index contributed by atoms with van der Waals surface area (Å²) in [6.07, 6.45) is 4.17. The number of carbonyl (C=O) groups excluding carboxylic acids is 1. The Kier molecular flexibility index (Phi) is 6.59. The molecule has 0 bridgehead atoms. The second kappa shape index (κ2) is 8.29. The largest absolute Gasteiger partial charge is 0.333 e. The summed E-state index contributed by atoms with van der Waals surface area (Å²) in [6.45, 7) is 8.02. The number of hydrogen-bond acceptors (Lipinski definition) is 5. The van der Waals surface area contributed by atoms with Gasteiger partial charge in [0, 0.05) is 24.7 Å². The predicted molar refractivity (Wildman–Crippen MR) is 103 cm³/mol. The molecule has 25 heavy (non-hydrogen) atoms. The van der Waals surface area contributed by atoms with Crippen molar-refractivity contribution < 1.29 is 4.79 Å². The van der Waals surface area contributed by atoms with E-state index >= 15 is 0 Å². The average molecular weight is 384 g/mol. The maximum Gasteiger partial charge on any atom is 0.274 e.